The van der Waals surface area contributed by atoms with Crippen molar-refractivity contribution >= 4 is 0 Å². The van der Waals surface area contributed by atoms with Crippen molar-refractivity contribution in [3.63, 3.8) is 0 Å². The molecule has 0 aliphatic carbocycles. The molecule has 1 aliphatic heterocycles. The van der Waals surface area contributed by atoms with Crippen LogP contribution in [0.15, 0.2) is 11.6 Å². The van der Waals surface area contributed by atoms with E-state index in [0.29, 0.717) is 0 Å². The summed E-state index contributed by atoms with van der Waals surface area (Å²) in [6, 6.07) is 0. The molecule has 1 rings (SSSR count). The summed E-state index contributed by atoms with van der Waals surface area (Å²) in [6.07, 6.45) is 6.75. The lowest BCUT2D eigenvalue weighted by molar-refractivity contribution is 0.133. The van der Waals surface area contributed by atoms with E-state index in [9.17, 15) is 0 Å². The molecule has 0 spiro atoms. The van der Waals surface area contributed by atoms with Gasteiger partial charge < -0.3 is 10.5 Å². The summed E-state index contributed by atoms with van der Waals surface area (Å²) in [5.41, 5.74) is 7.00. The number of nitrogens with two attached hydrogens (primary N) is 1. The van der Waals surface area contributed by atoms with Gasteiger partial charge >= 0.3 is 0 Å². The average Bonchev–Trinajstić information content (AvgIpc) is 1.94. The third-order valence-electron chi connectivity index (χ3n) is 1.95. The molecule has 0 aromatic heterocycles. The molecule has 0 radical (unpaired) electrons. The van der Waals surface area contributed by atoms with Crippen LogP contribution in [0.4, 0.5) is 0 Å². The maximum atomic E-state index is 5.48. The van der Waals surface area contributed by atoms with Gasteiger partial charge in [-0.3, -0.25) is 0 Å². The lowest BCUT2D eigenvalue weighted by atomic mass is 10.1. The van der Waals surface area contributed by atoms with Gasteiger partial charge in [-0.15, -0.1) is 0 Å². The summed E-state index contributed by atoms with van der Waals surface area (Å²) in [6.45, 7) is 2.59. The first-order valence-electron chi connectivity index (χ1n) is 4.39. The van der Waals surface area contributed by atoms with Crippen molar-refractivity contribution in [2.75, 3.05) is 19.8 Å². The molecule has 0 aromatic rings. The van der Waals surface area contributed by atoms with Crippen LogP contribution in [0.5, 0.6) is 0 Å². The number of rotatable bonds is 2. The van der Waals surface area contributed by atoms with Crippen molar-refractivity contribution in [2.45, 2.75) is 25.7 Å². The fraction of sp³-hybridized carbons (Fsp3) is 0.778. The molecule has 64 valence electrons. The molecule has 1 aliphatic rings. The molecule has 0 atom stereocenters. The number of ether oxygens (including phenoxy) is 1. The van der Waals surface area contributed by atoms with Crippen molar-refractivity contribution in [1.82, 2.24) is 0 Å². The predicted octanol–water partition coefficient (Wildman–Crippen LogP) is 1.46. The molecule has 0 unspecified atom stereocenters. The van der Waals surface area contributed by atoms with Gasteiger partial charge in [0.1, 0.15) is 0 Å². The maximum Gasteiger partial charge on any atom is 0.0500 e. The Morgan fingerprint density at radius 3 is 3.18 bits per heavy atom. The molecular formula is C9H17NO. The minimum absolute atomic E-state index is 0.784. The van der Waals surface area contributed by atoms with E-state index in [1.54, 1.807) is 0 Å². The van der Waals surface area contributed by atoms with Crippen LogP contribution in [0.3, 0.4) is 0 Å². The minimum atomic E-state index is 0.784. The van der Waals surface area contributed by atoms with Crippen molar-refractivity contribution in [3.05, 3.63) is 11.6 Å². The third-order valence-corrected chi connectivity index (χ3v) is 1.95. The summed E-state index contributed by atoms with van der Waals surface area (Å²) >= 11 is 0. The second-order valence-corrected chi connectivity index (χ2v) is 2.91. The molecule has 11 heavy (non-hydrogen) atoms. The van der Waals surface area contributed by atoms with Crippen molar-refractivity contribution in [1.29, 1.82) is 0 Å². The van der Waals surface area contributed by atoms with Crippen molar-refractivity contribution < 1.29 is 4.74 Å². The minimum Gasteiger partial charge on any atom is -0.381 e. The molecule has 0 amide bonds. The zero-order chi connectivity index (χ0) is 7.94. The Hall–Kier alpha value is -0.340. The monoisotopic (exact) mass is 155 g/mol. The van der Waals surface area contributed by atoms with Gasteiger partial charge in [0, 0.05) is 6.61 Å². The highest BCUT2D eigenvalue weighted by atomic mass is 16.5. The second-order valence-electron chi connectivity index (χ2n) is 2.91. The van der Waals surface area contributed by atoms with Crippen LogP contribution >= 0.6 is 0 Å². The topological polar surface area (TPSA) is 35.2 Å². The quantitative estimate of drug-likeness (QED) is 0.613. The van der Waals surface area contributed by atoms with Gasteiger partial charge in [-0.05, 0) is 32.2 Å². The van der Waals surface area contributed by atoms with Gasteiger partial charge in [0.2, 0.25) is 0 Å². The van der Waals surface area contributed by atoms with E-state index in [0.717, 1.165) is 39.0 Å². The standard InChI is InChI=1S/C9H17NO/c10-6-5-9-3-1-7-11-8-2-4-9/h3H,1-2,4-8,10H2/b9-3-. The lowest BCUT2D eigenvalue weighted by Gasteiger charge is -2.10. The first kappa shape index (κ1) is 8.75. The Bertz CT molecular complexity index is 132. The predicted molar refractivity (Wildman–Crippen MR) is 46.4 cm³/mol. The highest BCUT2D eigenvalue weighted by molar-refractivity contribution is 5.02. The highest BCUT2D eigenvalue weighted by Gasteiger charge is 1.99. The fourth-order valence-electron chi connectivity index (χ4n) is 1.36. The summed E-state index contributed by atoms with van der Waals surface area (Å²) in [7, 11) is 0. The molecule has 2 N–H and O–H groups in total. The number of hydrogen-bond acceptors (Lipinski definition) is 2. The summed E-state index contributed by atoms with van der Waals surface area (Å²) in [4.78, 5) is 0. The molecular weight excluding hydrogens is 138 g/mol. The highest BCUT2D eigenvalue weighted by Crippen LogP contribution is 2.12. The normalized spacial score (nSPS) is 25.0. The first-order valence-corrected chi connectivity index (χ1v) is 4.39. The number of hydrogen-bond donors (Lipinski definition) is 1. The van der Waals surface area contributed by atoms with E-state index in [1.807, 2.05) is 0 Å². The van der Waals surface area contributed by atoms with E-state index in [-0.39, 0.29) is 0 Å². The molecule has 2 nitrogen and oxygen atoms in total. The Kier molecular flexibility index (Phi) is 4.24. The summed E-state index contributed by atoms with van der Waals surface area (Å²) < 4.78 is 5.33. The van der Waals surface area contributed by atoms with Gasteiger partial charge in [0.05, 0.1) is 6.61 Å². The largest absolute Gasteiger partial charge is 0.381 e. The zero-order valence-electron chi connectivity index (χ0n) is 7.01. The van der Waals surface area contributed by atoms with Crippen molar-refractivity contribution in [2.24, 2.45) is 5.73 Å². The van der Waals surface area contributed by atoms with Gasteiger partial charge in [-0.1, -0.05) is 11.6 Å². The molecule has 2 heteroatoms. The zero-order valence-corrected chi connectivity index (χ0v) is 7.01. The van der Waals surface area contributed by atoms with E-state index in [1.165, 1.54) is 12.0 Å². The Balaban J connectivity index is 2.32. The fourth-order valence-corrected chi connectivity index (χ4v) is 1.36. The van der Waals surface area contributed by atoms with E-state index in [4.69, 9.17) is 10.5 Å². The smallest absolute Gasteiger partial charge is 0.0500 e. The van der Waals surface area contributed by atoms with Crippen LogP contribution in [0, 0.1) is 0 Å². The SMILES string of the molecule is NCC/C1=C\CCOCCC1. The van der Waals surface area contributed by atoms with Crippen LogP contribution in [0.25, 0.3) is 0 Å². The van der Waals surface area contributed by atoms with Crippen LogP contribution in [0.2, 0.25) is 0 Å². The van der Waals surface area contributed by atoms with Crippen molar-refractivity contribution in [3.8, 4) is 0 Å². The lowest BCUT2D eigenvalue weighted by Crippen LogP contribution is -2.05. The van der Waals surface area contributed by atoms with Crippen LogP contribution in [-0.2, 0) is 4.74 Å². The second kappa shape index (κ2) is 5.33. The molecule has 0 fully saturated rings. The average molecular weight is 155 g/mol. The Morgan fingerprint density at radius 1 is 1.45 bits per heavy atom. The van der Waals surface area contributed by atoms with Crippen LogP contribution in [-0.4, -0.2) is 19.8 Å². The van der Waals surface area contributed by atoms with Gasteiger partial charge in [-0.2, -0.15) is 0 Å². The van der Waals surface area contributed by atoms with E-state index in [2.05, 4.69) is 6.08 Å². The molecule has 0 bridgehead atoms. The maximum absolute atomic E-state index is 5.48. The van der Waals surface area contributed by atoms with Gasteiger partial charge in [0.15, 0.2) is 0 Å². The van der Waals surface area contributed by atoms with Gasteiger partial charge in [0.25, 0.3) is 0 Å². The Morgan fingerprint density at radius 2 is 2.36 bits per heavy atom. The summed E-state index contributed by atoms with van der Waals surface area (Å²) in [5, 5.41) is 0. The molecule has 0 aromatic carbocycles. The molecule has 0 saturated carbocycles. The van der Waals surface area contributed by atoms with Crippen LogP contribution in [0.1, 0.15) is 25.7 Å². The van der Waals surface area contributed by atoms with E-state index >= 15 is 0 Å². The third kappa shape index (κ3) is 3.54. The molecule has 0 saturated heterocycles. The van der Waals surface area contributed by atoms with Crippen LogP contribution < -0.4 is 5.73 Å². The summed E-state index contributed by atoms with van der Waals surface area (Å²) in [5.74, 6) is 0. The molecule has 1 heterocycles. The first-order chi connectivity index (χ1) is 5.43. The van der Waals surface area contributed by atoms with Gasteiger partial charge in [-0.25, -0.2) is 0 Å². The van der Waals surface area contributed by atoms with E-state index < -0.39 is 0 Å². The Labute approximate surface area is 68.4 Å².